The van der Waals surface area contributed by atoms with Gasteiger partial charge in [0.15, 0.2) is 0 Å². The minimum absolute atomic E-state index is 0.0435. The Bertz CT molecular complexity index is 378. The van der Waals surface area contributed by atoms with Gasteiger partial charge < -0.3 is 19.9 Å². The van der Waals surface area contributed by atoms with Gasteiger partial charge in [0.1, 0.15) is 0 Å². The summed E-state index contributed by atoms with van der Waals surface area (Å²) in [5, 5.41) is 11.9. The summed E-state index contributed by atoms with van der Waals surface area (Å²) >= 11 is 0. The zero-order valence-corrected chi connectivity index (χ0v) is 19.0. The molecule has 0 aliphatic carbocycles. The lowest BCUT2D eigenvalue weighted by molar-refractivity contribution is 0.0547. The molecule has 1 amide bonds. The smallest absolute Gasteiger partial charge is 0.407 e. The number of carbonyl (C=O) groups excluding carboxylic acids is 1. The molecular formula is C24H47NO4. The summed E-state index contributed by atoms with van der Waals surface area (Å²) in [6.07, 6.45) is 20.5. The van der Waals surface area contributed by atoms with E-state index in [1.807, 2.05) is 0 Å². The van der Waals surface area contributed by atoms with Crippen LogP contribution in [0.25, 0.3) is 0 Å². The van der Waals surface area contributed by atoms with Gasteiger partial charge in [0, 0.05) is 12.5 Å². The molecule has 0 aromatic rings. The number of hydrogen-bond acceptors (Lipinski definition) is 4. The van der Waals surface area contributed by atoms with Crippen molar-refractivity contribution in [2.45, 2.75) is 116 Å². The Balaban J connectivity index is 1.74. The molecule has 5 heteroatoms. The Morgan fingerprint density at radius 2 is 1.41 bits per heavy atom. The molecule has 0 bridgehead atoms. The van der Waals surface area contributed by atoms with Crippen LogP contribution in [0.15, 0.2) is 0 Å². The van der Waals surface area contributed by atoms with Crippen molar-refractivity contribution >= 4 is 6.09 Å². The molecule has 29 heavy (non-hydrogen) atoms. The Morgan fingerprint density at radius 3 is 1.90 bits per heavy atom. The van der Waals surface area contributed by atoms with Gasteiger partial charge in [0.2, 0.25) is 0 Å². The van der Waals surface area contributed by atoms with Gasteiger partial charge in [-0.25, -0.2) is 4.79 Å². The van der Waals surface area contributed by atoms with Gasteiger partial charge in [-0.15, -0.1) is 0 Å². The van der Waals surface area contributed by atoms with Crippen molar-refractivity contribution in [3.63, 3.8) is 0 Å². The van der Waals surface area contributed by atoms with Crippen LogP contribution < -0.4 is 5.32 Å². The van der Waals surface area contributed by atoms with Crippen molar-refractivity contribution < 1.29 is 19.4 Å². The second-order valence-corrected chi connectivity index (χ2v) is 8.71. The first-order chi connectivity index (χ1) is 14.3. The first-order valence-corrected chi connectivity index (χ1v) is 12.4. The Kier molecular flexibility index (Phi) is 17.3. The van der Waals surface area contributed by atoms with E-state index in [-0.39, 0.29) is 24.7 Å². The molecule has 172 valence electrons. The van der Waals surface area contributed by atoms with E-state index in [0.29, 0.717) is 19.8 Å². The second-order valence-electron chi connectivity index (χ2n) is 8.71. The van der Waals surface area contributed by atoms with Gasteiger partial charge in [-0.05, 0) is 12.8 Å². The highest BCUT2D eigenvalue weighted by Crippen LogP contribution is 2.19. The van der Waals surface area contributed by atoms with Crippen LogP contribution in [0.2, 0.25) is 0 Å². The predicted octanol–water partition coefficient (Wildman–Crippen LogP) is 5.98. The van der Waals surface area contributed by atoms with Crippen LogP contribution >= 0.6 is 0 Å². The van der Waals surface area contributed by atoms with E-state index in [4.69, 9.17) is 14.6 Å². The van der Waals surface area contributed by atoms with E-state index < -0.39 is 0 Å². The third kappa shape index (κ3) is 15.7. The van der Waals surface area contributed by atoms with Crippen LogP contribution in [0.1, 0.15) is 110 Å². The number of aliphatic hydroxyl groups excluding tert-OH is 1. The molecule has 1 rings (SSSR count). The lowest BCUT2D eigenvalue weighted by Crippen LogP contribution is -2.27. The van der Waals surface area contributed by atoms with Crippen LogP contribution in [-0.2, 0) is 9.47 Å². The molecular weight excluding hydrogens is 366 g/mol. The number of nitrogens with one attached hydrogen (secondary N) is 1. The number of carbonyl (C=O) groups is 1. The van der Waals surface area contributed by atoms with E-state index in [1.165, 1.54) is 89.9 Å². The van der Waals surface area contributed by atoms with Crippen LogP contribution in [0.4, 0.5) is 4.79 Å². The third-order valence-electron chi connectivity index (χ3n) is 5.87. The minimum Gasteiger partial charge on any atom is -0.449 e. The Morgan fingerprint density at radius 1 is 0.897 bits per heavy atom. The molecule has 1 aliphatic rings. The fourth-order valence-corrected chi connectivity index (χ4v) is 3.95. The summed E-state index contributed by atoms with van der Waals surface area (Å²) in [6, 6.07) is 0. The van der Waals surface area contributed by atoms with Gasteiger partial charge in [-0.1, -0.05) is 96.8 Å². The molecule has 1 aliphatic heterocycles. The van der Waals surface area contributed by atoms with Gasteiger partial charge in [0.05, 0.1) is 25.9 Å². The van der Waals surface area contributed by atoms with E-state index in [9.17, 15) is 4.79 Å². The number of alkyl carbamates (subject to hydrolysis) is 1. The van der Waals surface area contributed by atoms with E-state index in [0.717, 1.165) is 12.8 Å². The lowest BCUT2D eigenvalue weighted by atomic mass is 10.0. The van der Waals surface area contributed by atoms with Crippen molar-refractivity contribution in [3.05, 3.63) is 0 Å². The predicted molar refractivity (Wildman–Crippen MR) is 119 cm³/mol. The standard InChI is InChI=1S/C24H47NO4/c1-2-3-4-5-6-7-8-9-10-11-12-13-14-15-16-17-25-24(27)29-21-22-18-23(19-26)28-20-22/h22-23,26H,2-21H2,1H3,(H,25,27)/t22-,23+/m0/s1. The summed E-state index contributed by atoms with van der Waals surface area (Å²) in [5.74, 6) is 0.212. The highest BCUT2D eigenvalue weighted by molar-refractivity contribution is 5.67. The van der Waals surface area contributed by atoms with E-state index in [1.54, 1.807) is 0 Å². The maximum Gasteiger partial charge on any atom is 0.407 e. The molecule has 0 unspecified atom stereocenters. The van der Waals surface area contributed by atoms with Crippen molar-refractivity contribution in [2.75, 3.05) is 26.4 Å². The van der Waals surface area contributed by atoms with Gasteiger partial charge >= 0.3 is 6.09 Å². The first-order valence-electron chi connectivity index (χ1n) is 12.4. The second kappa shape index (κ2) is 19.2. The van der Waals surface area contributed by atoms with Crippen LogP contribution in [0.3, 0.4) is 0 Å². The van der Waals surface area contributed by atoms with Gasteiger partial charge in [-0.3, -0.25) is 0 Å². The lowest BCUT2D eigenvalue weighted by Gasteiger charge is -2.10. The van der Waals surface area contributed by atoms with E-state index >= 15 is 0 Å². The molecule has 0 spiro atoms. The quantitative estimate of drug-likeness (QED) is 0.256. The number of aliphatic hydroxyl groups is 1. The van der Waals surface area contributed by atoms with Crippen LogP contribution in [0, 0.1) is 5.92 Å². The molecule has 5 nitrogen and oxygen atoms in total. The molecule has 0 aromatic heterocycles. The summed E-state index contributed by atoms with van der Waals surface area (Å²) < 4.78 is 10.6. The SMILES string of the molecule is CCCCCCCCCCCCCCCCCNC(=O)OC[C@@H]1CO[C@@H](CO)C1. The largest absolute Gasteiger partial charge is 0.449 e. The molecule has 1 heterocycles. The summed E-state index contributed by atoms with van der Waals surface area (Å²) in [7, 11) is 0. The Labute approximate surface area is 179 Å². The number of amides is 1. The average Bonchev–Trinajstić information content (AvgIpc) is 3.20. The number of unbranched alkanes of at least 4 members (excludes halogenated alkanes) is 14. The summed E-state index contributed by atoms with van der Waals surface area (Å²) in [5.41, 5.74) is 0. The normalized spacial score (nSPS) is 18.8. The highest BCUT2D eigenvalue weighted by Gasteiger charge is 2.25. The fourth-order valence-electron chi connectivity index (χ4n) is 3.95. The molecule has 2 N–H and O–H groups in total. The third-order valence-corrected chi connectivity index (χ3v) is 5.87. The summed E-state index contributed by atoms with van der Waals surface area (Å²) in [4.78, 5) is 11.7. The van der Waals surface area contributed by atoms with Crippen molar-refractivity contribution in [2.24, 2.45) is 5.92 Å². The van der Waals surface area contributed by atoms with E-state index in [2.05, 4.69) is 12.2 Å². The van der Waals surface area contributed by atoms with Gasteiger partial charge in [-0.2, -0.15) is 0 Å². The van der Waals surface area contributed by atoms with Crippen molar-refractivity contribution in [1.29, 1.82) is 0 Å². The number of hydrogen-bond donors (Lipinski definition) is 2. The molecule has 0 radical (unpaired) electrons. The maximum atomic E-state index is 11.7. The van der Waals surface area contributed by atoms with Crippen LogP contribution in [-0.4, -0.2) is 43.7 Å². The minimum atomic E-state index is -0.331. The Hall–Kier alpha value is -0.810. The first kappa shape index (κ1) is 26.2. The topological polar surface area (TPSA) is 67.8 Å². The number of ether oxygens (including phenoxy) is 2. The summed E-state index contributed by atoms with van der Waals surface area (Å²) in [6.45, 7) is 3.95. The molecule has 0 aromatic carbocycles. The van der Waals surface area contributed by atoms with Crippen LogP contribution in [0.5, 0.6) is 0 Å². The monoisotopic (exact) mass is 413 g/mol. The zero-order chi connectivity index (χ0) is 21.0. The molecule has 2 atom stereocenters. The van der Waals surface area contributed by atoms with Crippen molar-refractivity contribution in [3.8, 4) is 0 Å². The molecule has 1 fully saturated rings. The zero-order valence-electron chi connectivity index (χ0n) is 19.0. The van der Waals surface area contributed by atoms with Crippen molar-refractivity contribution in [1.82, 2.24) is 5.32 Å². The highest BCUT2D eigenvalue weighted by atomic mass is 16.6. The maximum absolute atomic E-state index is 11.7. The molecule has 0 saturated carbocycles. The number of rotatable bonds is 19. The average molecular weight is 414 g/mol. The van der Waals surface area contributed by atoms with Gasteiger partial charge in [0.25, 0.3) is 0 Å². The molecule has 1 saturated heterocycles. The fraction of sp³-hybridized carbons (Fsp3) is 0.958.